The second-order valence-corrected chi connectivity index (χ2v) is 5.37. The number of hydrogen-bond donors (Lipinski definition) is 3. The molecule has 1 fully saturated rings. The van der Waals surface area contributed by atoms with Crippen molar-refractivity contribution in [3.8, 4) is 0 Å². The summed E-state index contributed by atoms with van der Waals surface area (Å²) in [5, 5.41) is 20.1. The largest absolute Gasteiger partial charge is 0.481 e. The van der Waals surface area contributed by atoms with Crippen molar-refractivity contribution in [1.82, 2.24) is 5.32 Å². The van der Waals surface area contributed by atoms with Crippen LogP contribution < -0.4 is 5.32 Å². The SMILES string of the molecule is O=C(O)CC[C@H](NC(=O)C1CCCCCCC1)C(=O)O. The number of carbonyl (C=O) groups is 3. The summed E-state index contributed by atoms with van der Waals surface area (Å²) >= 11 is 0. The summed E-state index contributed by atoms with van der Waals surface area (Å²) in [6.45, 7) is 0. The zero-order chi connectivity index (χ0) is 15.0. The van der Waals surface area contributed by atoms with Crippen LogP contribution in [0.4, 0.5) is 0 Å². The molecule has 6 nitrogen and oxygen atoms in total. The third-order valence-corrected chi connectivity index (χ3v) is 3.74. The molecule has 6 heteroatoms. The number of carboxylic acids is 2. The van der Waals surface area contributed by atoms with E-state index in [1.807, 2.05) is 0 Å². The van der Waals surface area contributed by atoms with E-state index in [4.69, 9.17) is 10.2 Å². The van der Waals surface area contributed by atoms with Crippen molar-refractivity contribution < 1.29 is 24.6 Å². The van der Waals surface area contributed by atoms with Gasteiger partial charge in [0.2, 0.25) is 5.91 Å². The lowest BCUT2D eigenvalue weighted by molar-refractivity contribution is -0.143. The van der Waals surface area contributed by atoms with E-state index in [0.29, 0.717) is 0 Å². The first-order chi connectivity index (χ1) is 9.50. The molecular formula is C14H23NO5. The molecule has 1 amide bonds. The third-order valence-electron chi connectivity index (χ3n) is 3.74. The maximum Gasteiger partial charge on any atom is 0.326 e. The number of aliphatic carboxylic acids is 2. The molecule has 0 aromatic rings. The highest BCUT2D eigenvalue weighted by Crippen LogP contribution is 2.22. The minimum absolute atomic E-state index is 0.0802. The van der Waals surface area contributed by atoms with Gasteiger partial charge in [-0.25, -0.2) is 4.79 Å². The van der Waals surface area contributed by atoms with Gasteiger partial charge in [0.25, 0.3) is 0 Å². The van der Waals surface area contributed by atoms with Crippen LogP contribution in [0, 0.1) is 5.92 Å². The van der Waals surface area contributed by atoms with Gasteiger partial charge in [-0.05, 0) is 19.3 Å². The molecule has 0 radical (unpaired) electrons. The molecule has 1 atom stereocenters. The highest BCUT2D eigenvalue weighted by Gasteiger charge is 2.25. The lowest BCUT2D eigenvalue weighted by atomic mass is 9.90. The standard InChI is InChI=1S/C14H23NO5/c16-12(17)9-8-11(14(19)20)15-13(18)10-6-4-2-1-3-5-7-10/h10-11H,1-9H2,(H,15,18)(H,16,17)(H,19,20)/t11-/m0/s1. The fourth-order valence-electron chi connectivity index (χ4n) is 2.53. The van der Waals surface area contributed by atoms with Gasteiger partial charge in [0.15, 0.2) is 0 Å². The molecule has 0 unspecified atom stereocenters. The van der Waals surface area contributed by atoms with E-state index >= 15 is 0 Å². The van der Waals surface area contributed by atoms with Gasteiger partial charge in [-0.15, -0.1) is 0 Å². The highest BCUT2D eigenvalue weighted by molar-refractivity contribution is 5.85. The minimum Gasteiger partial charge on any atom is -0.481 e. The number of amides is 1. The Labute approximate surface area is 118 Å². The number of carboxylic acid groups (broad SMARTS) is 2. The van der Waals surface area contributed by atoms with Crippen molar-refractivity contribution in [2.45, 2.75) is 63.8 Å². The summed E-state index contributed by atoms with van der Waals surface area (Å²) in [6, 6.07) is -1.11. The maximum atomic E-state index is 12.1. The van der Waals surface area contributed by atoms with Crippen molar-refractivity contribution in [2.24, 2.45) is 5.92 Å². The van der Waals surface area contributed by atoms with Gasteiger partial charge < -0.3 is 15.5 Å². The van der Waals surface area contributed by atoms with Crippen LogP contribution in [0.25, 0.3) is 0 Å². The Bertz CT molecular complexity index is 347. The van der Waals surface area contributed by atoms with E-state index in [1.165, 1.54) is 6.42 Å². The van der Waals surface area contributed by atoms with Gasteiger partial charge in [-0.2, -0.15) is 0 Å². The lowest BCUT2D eigenvalue weighted by Crippen LogP contribution is -2.44. The van der Waals surface area contributed by atoms with Gasteiger partial charge in [-0.3, -0.25) is 9.59 Å². The number of nitrogens with one attached hydrogen (secondary N) is 1. The minimum atomic E-state index is -1.18. The summed E-state index contributed by atoms with van der Waals surface area (Å²) in [5.74, 6) is -2.62. The van der Waals surface area contributed by atoms with Crippen LogP contribution in [0.3, 0.4) is 0 Å². The fourth-order valence-corrected chi connectivity index (χ4v) is 2.53. The average Bonchev–Trinajstić information content (AvgIpc) is 2.33. The van der Waals surface area contributed by atoms with Gasteiger partial charge >= 0.3 is 11.9 Å². The molecule has 1 aliphatic carbocycles. The van der Waals surface area contributed by atoms with Crippen molar-refractivity contribution in [3.05, 3.63) is 0 Å². The monoisotopic (exact) mass is 285 g/mol. The number of hydrogen-bond acceptors (Lipinski definition) is 3. The quantitative estimate of drug-likeness (QED) is 0.690. The molecule has 0 spiro atoms. The summed E-state index contributed by atoms with van der Waals surface area (Å²) < 4.78 is 0. The van der Waals surface area contributed by atoms with Crippen molar-refractivity contribution >= 4 is 17.8 Å². The molecule has 3 N–H and O–H groups in total. The first-order valence-electron chi connectivity index (χ1n) is 7.25. The van der Waals surface area contributed by atoms with E-state index in [2.05, 4.69) is 5.32 Å². The molecule has 0 heterocycles. The summed E-state index contributed by atoms with van der Waals surface area (Å²) in [5.41, 5.74) is 0. The third kappa shape index (κ3) is 6.04. The molecule has 1 rings (SSSR count). The topological polar surface area (TPSA) is 104 Å². The summed E-state index contributed by atoms with van der Waals surface area (Å²) in [6.07, 6.45) is 6.65. The molecule has 0 aliphatic heterocycles. The summed E-state index contributed by atoms with van der Waals surface area (Å²) in [4.78, 5) is 33.6. The first-order valence-corrected chi connectivity index (χ1v) is 7.25. The van der Waals surface area contributed by atoms with Crippen LogP contribution in [-0.2, 0) is 14.4 Å². The maximum absolute atomic E-state index is 12.1. The van der Waals surface area contributed by atoms with Crippen molar-refractivity contribution in [3.63, 3.8) is 0 Å². The zero-order valence-corrected chi connectivity index (χ0v) is 11.6. The molecule has 1 aliphatic rings. The molecule has 114 valence electrons. The van der Waals surface area contributed by atoms with Gasteiger partial charge in [0.05, 0.1) is 0 Å². The van der Waals surface area contributed by atoms with Gasteiger partial charge in [-0.1, -0.05) is 32.1 Å². The molecule has 20 heavy (non-hydrogen) atoms. The van der Waals surface area contributed by atoms with E-state index in [0.717, 1.165) is 38.5 Å². The lowest BCUT2D eigenvalue weighted by Gasteiger charge is -2.21. The van der Waals surface area contributed by atoms with Crippen LogP contribution in [-0.4, -0.2) is 34.1 Å². The predicted molar refractivity (Wildman–Crippen MR) is 72.2 cm³/mol. The molecule has 1 saturated carbocycles. The smallest absolute Gasteiger partial charge is 0.326 e. The molecular weight excluding hydrogens is 262 g/mol. The van der Waals surface area contributed by atoms with Crippen LogP contribution >= 0.6 is 0 Å². The Morgan fingerprint density at radius 3 is 2.05 bits per heavy atom. The molecule has 0 saturated heterocycles. The Balaban J connectivity index is 2.50. The fraction of sp³-hybridized carbons (Fsp3) is 0.786. The van der Waals surface area contributed by atoms with Gasteiger partial charge in [0.1, 0.15) is 6.04 Å². The second-order valence-electron chi connectivity index (χ2n) is 5.37. The van der Waals surface area contributed by atoms with E-state index in [-0.39, 0.29) is 24.7 Å². The predicted octanol–water partition coefficient (Wildman–Crippen LogP) is 1.78. The first kappa shape index (κ1) is 16.5. The Hall–Kier alpha value is -1.59. The second kappa shape index (κ2) is 8.55. The highest BCUT2D eigenvalue weighted by atomic mass is 16.4. The van der Waals surface area contributed by atoms with Crippen LogP contribution in [0.15, 0.2) is 0 Å². The molecule has 0 aromatic heterocycles. The molecule has 0 bridgehead atoms. The van der Waals surface area contributed by atoms with Crippen LogP contribution in [0.5, 0.6) is 0 Å². The van der Waals surface area contributed by atoms with E-state index in [9.17, 15) is 14.4 Å². The summed E-state index contributed by atoms with van der Waals surface area (Å²) in [7, 11) is 0. The van der Waals surface area contributed by atoms with Crippen molar-refractivity contribution in [1.29, 1.82) is 0 Å². The van der Waals surface area contributed by atoms with E-state index < -0.39 is 18.0 Å². The molecule has 0 aromatic carbocycles. The number of carbonyl (C=O) groups excluding carboxylic acids is 1. The van der Waals surface area contributed by atoms with Crippen LogP contribution in [0.2, 0.25) is 0 Å². The zero-order valence-electron chi connectivity index (χ0n) is 11.6. The Kier molecular flexibility index (Phi) is 7.04. The Morgan fingerprint density at radius 2 is 1.55 bits per heavy atom. The normalized spacial score (nSPS) is 18.6. The van der Waals surface area contributed by atoms with Crippen LogP contribution in [0.1, 0.15) is 57.8 Å². The number of rotatable bonds is 6. The van der Waals surface area contributed by atoms with Crippen molar-refractivity contribution in [2.75, 3.05) is 0 Å². The average molecular weight is 285 g/mol. The van der Waals surface area contributed by atoms with E-state index in [1.54, 1.807) is 0 Å². The van der Waals surface area contributed by atoms with Gasteiger partial charge in [0, 0.05) is 12.3 Å². The Morgan fingerprint density at radius 1 is 1.00 bits per heavy atom.